The summed E-state index contributed by atoms with van der Waals surface area (Å²) < 4.78 is 12.9. The Kier molecular flexibility index (Phi) is 9.83. The van der Waals surface area contributed by atoms with Gasteiger partial charge in [-0.25, -0.2) is 19.6 Å². The Bertz CT molecular complexity index is 1490. The zero-order valence-corrected chi connectivity index (χ0v) is 24.6. The Labute approximate surface area is 245 Å². The maximum atomic E-state index is 12.3. The molecule has 2 amide bonds. The number of benzene rings is 2. The van der Waals surface area contributed by atoms with Crippen LogP contribution in [-0.4, -0.2) is 44.7 Å². The number of hydrogen-bond donors (Lipinski definition) is 2. The largest absolute Gasteiger partial charge is 0.514 e. The fraction of sp³-hybridized carbons (Fsp3) is 0.355. The van der Waals surface area contributed by atoms with Crippen molar-refractivity contribution in [2.75, 3.05) is 17.7 Å². The zero-order valence-electron chi connectivity index (χ0n) is 23.9. The molecule has 2 N–H and O–H groups in total. The number of pyridine rings is 1. The van der Waals surface area contributed by atoms with Gasteiger partial charge in [-0.3, -0.25) is 5.32 Å². The summed E-state index contributed by atoms with van der Waals surface area (Å²) in [5.74, 6) is 2.29. The molecule has 2 heterocycles. The maximum Gasteiger partial charge on any atom is 0.514 e. The second-order valence-corrected chi connectivity index (χ2v) is 11.0. The van der Waals surface area contributed by atoms with Crippen molar-refractivity contribution in [3.8, 4) is 16.9 Å². The first-order chi connectivity index (χ1) is 19.7. The molecule has 0 aliphatic heterocycles. The number of carbonyl (C=O) groups is 2. The molecule has 0 aliphatic rings. The summed E-state index contributed by atoms with van der Waals surface area (Å²) in [5.41, 5.74) is 3.56. The van der Waals surface area contributed by atoms with E-state index in [2.05, 4.69) is 22.1 Å². The number of urea groups is 1. The molecule has 41 heavy (non-hydrogen) atoms. The lowest BCUT2D eigenvalue weighted by atomic mass is 10.0. The molecule has 0 saturated carbocycles. The molecule has 9 nitrogen and oxygen atoms in total. The summed E-state index contributed by atoms with van der Waals surface area (Å²) >= 11 is 5.69. The molecule has 0 fully saturated rings. The standard InChI is InChI=1S/C31H36ClN5O4/c1-5-9-27-34-24-16-17-26(36-29(38)33-19-8-18-32)35-28(24)37(27)20-21-12-14-22(15-13-21)23-10-6-7-11-25(23)40-30(39)41-31(2,3)4/h6-7,10-17H,5,8-9,18-20H2,1-4H3,(H2,33,35,36,38). The molecular weight excluding hydrogens is 542 g/mol. The van der Waals surface area contributed by atoms with Crippen molar-refractivity contribution >= 4 is 40.8 Å². The van der Waals surface area contributed by atoms with Crippen molar-refractivity contribution in [3.05, 3.63) is 72.1 Å². The van der Waals surface area contributed by atoms with Crippen molar-refractivity contribution in [1.82, 2.24) is 19.9 Å². The second-order valence-electron chi connectivity index (χ2n) is 10.6. The highest BCUT2D eigenvalue weighted by atomic mass is 35.5. The van der Waals surface area contributed by atoms with E-state index in [1.54, 1.807) is 32.9 Å². The summed E-state index contributed by atoms with van der Waals surface area (Å²) in [4.78, 5) is 34.0. The number of aromatic nitrogens is 3. The molecule has 0 radical (unpaired) electrons. The van der Waals surface area contributed by atoms with Crippen molar-refractivity contribution < 1.29 is 19.1 Å². The molecule has 216 valence electrons. The smallest absolute Gasteiger partial charge is 0.428 e. The normalized spacial score (nSPS) is 11.3. The van der Waals surface area contributed by atoms with E-state index >= 15 is 0 Å². The molecule has 0 unspecified atom stereocenters. The second kappa shape index (κ2) is 13.5. The molecule has 0 atom stereocenters. The van der Waals surface area contributed by atoms with E-state index in [0.29, 0.717) is 42.6 Å². The van der Waals surface area contributed by atoms with Crippen LogP contribution in [0.4, 0.5) is 15.4 Å². The molecule has 0 saturated heterocycles. The third-order valence-corrected chi connectivity index (χ3v) is 6.33. The predicted molar refractivity (Wildman–Crippen MR) is 162 cm³/mol. The van der Waals surface area contributed by atoms with Crippen LogP contribution in [0.2, 0.25) is 0 Å². The Morgan fingerprint density at radius 1 is 1.00 bits per heavy atom. The van der Waals surface area contributed by atoms with Crippen LogP contribution in [0.5, 0.6) is 5.75 Å². The first-order valence-corrected chi connectivity index (χ1v) is 14.3. The van der Waals surface area contributed by atoms with Crippen molar-refractivity contribution in [1.29, 1.82) is 0 Å². The number of aryl methyl sites for hydroxylation is 1. The van der Waals surface area contributed by atoms with Crippen molar-refractivity contribution in [3.63, 3.8) is 0 Å². The topological polar surface area (TPSA) is 107 Å². The van der Waals surface area contributed by atoms with Gasteiger partial charge in [0, 0.05) is 24.4 Å². The van der Waals surface area contributed by atoms with E-state index < -0.39 is 11.8 Å². The highest BCUT2D eigenvalue weighted by Gasteiger charge is 2.20. The fourth-order valence-corrected chi connectivity index (χ4v) is 4.39. The number of nitrogens with one attached hydrogen (secondary N) is 2. The quantitative estimate of drug-likeness (QED) is 0.0895. The summed E-state index contributed by atoms with van der Waals surface area (Å²) in [6.45, 7) is 8.54. The van der Waals surface area contributed by atoms with E-state index in [4.69, 9.17) is 31.0 Å². The van der Waals surface area contributed by atoms with Crippen LogP contribution < -0.4 is 15.4 Å². The Hall–Kier alpha value is -4.11. The van der Waals surface area contributed by atoms with Gasteiger partial charge in [0.15, 0.2) is 5.65 Å². The minimum atomic E-state index is -0.744. The molecule has 4 aromatic rings. The van der Waals surface area contributed by atoms with Gasteiger partial charge >= 0.3 is 12.2 Å². The monoisotopic (exact) mass is 577 g/mol. The number of nitrogens with zero attached hydrogens (tertiary/aromatic N) is 3. The number of imidazole rings is 1. The van der Waals surface area contributed by atoms with Crippen LogP contribution in [0.25, 0.3) is 22.3 Å². The minimum Gasteiger partial charge on any atom is -0.428 e. The lowest BCUT2D eigenvalue weighted by Gasteiger charge is -2.19. The molecule has 0 spiro atoms. The van der Waals surface area contributed by atoms with Gasteiger partial charge in [-0.15, -0.1) is 11.6 Å². The number of hydrogen-bond acceptors (Lipinski definition) is 6. The highest BCUT2D eigenvalue weighted by molar-refractivity contribution is 6.17. The van der Waals surface area contributed by atoms with Gasteiger partial charge in [-0.05, 0) is 62.9 Å². The number of ether oxygens (including phenoxy) is 2. The molecule has 2 aromatic heterocycles. The predicted octanol–water partition coefficient (Wildman–Crippen LogP) is 7.16. The fourth-order valence-electron chi connectivity index (χ4n) is 4.26. The van der Waals surface area contributed by atoms with E-state index in [0.717, 1.165) is 40.9 Å². The number of carbonyl (C=O) groups excluding carboxylic acids is 2. The van der Waals surface area contributed by atoms with Gasteiger partial charge in [0.1, 0.15) is 28.5 Å². The average molecular weight is 578 g/mol. The van der Waals surface area contributed by atoms with E-state index in [-0.39, 0.29) is 6.03 Å². The summed E-state index contributed by atoms with van der Waals surface area (Å²) in [6, 6.07) is 18.7. The number of halogens is 1. The summed E-state index contributed by atoms with van der Waals surface area (Å²) in [5, 5.41) is 5.56. The van der Waals surface area contributed by atoms with Crippen LogP contribution in [0.1, 0.15) is 51.9 Å². The third-order valence-electron chi connectivity index (χ3n) is 6.06. The number of fused-ring (bicyclic) bond motifs is 1. The van der Waals surface area contributed by atoms with Gasteiger partial charge in [-0.2, -0.15) is 0 Å². The zero-order chi connectivity index (χ0) is 29.4. The van der Waals surface area contributed by atoms with E-state index in [1.165, 1.54) is 0 Å². The van der Waals surface area contributed by atoms with Crippen LogP contribution in [-0.2, 0) is 17.7 Å². The van der Waals surface area contributed by atoms with Gasteiger partial charge in [0.2, 0.25) is 0 Å². The molecular formula is C31H36ClN5O4. The number of alkyl halides is 1. The molecule has 0 aliphatic carbocycles. The van der Waals surface area contributed by atoms with E-state index in [9.17, 15) is 9.59 Å². The summed E-state index contributed by atoms with van der Waals surface area (Å²) in [6.07, 6.45) is 1.68. The third kappa shape index (κ3) is 8.20. The van der Waals surface area contributed by atoms with Gasteiger partial charge in [-0.1, -0.05) is 49.4 Å². The number of para-hydroxylation sites is 1. The Morgan fingerprint density at radius 2 is 1.76 bits per heavy atom. The lowest BCUT2D eigenvalue weighted by molar-refractivity contribution is 0.0207. The molecule has 10 heteroatoms. The van der Waals surface area contributed by atoms with Crippen molar-refractivity contribution in [2.24, 2.45) is 0 Å². The minimum absolute atomic E-state index is 0.326. The molecule has 0 bridgehead atoms. The molecule has 2 aromatic carbocycles. The number of amides is 2. The van der Waals surface area contributed by atoms with E-state index in [1.807, 2.05) is 48.5 Å². The molecule has 4 rings (SSSR count). The first kappa shape index (κ1) is 29.9. The van der Waals surface area contributed by atoms with Crippen LogP contribution in [0.15, 0.2) is 60.7 Å². The van der Waals surface area contributed by atoms with Crippen LogP contribution >= 0.6 is 11.6 Å². The van der Waals surface area contributed by atoms with Crippen LogP contribution in [0.3, 0.4) is 0 Å². The SMILES string of the molecule is CCCc1nc2ccc(NC(=O)NCCCCl)nc2n1Cc1ccc(-c2ccccc2OC(=O)OC(C)(C)C)cc1. The summed E-state index contributed by atoms with van der Waals surface area (Å²) in [7, 11) is 0. The number of rotatable bonds is 10. The maximum absolute atomic E-state index is 12.3. The lowest BCUT2D eigenvalue weighted by Crippen LogP contribution is -2.30. The highest BCUT2D eigenvalue weighted by Crippen LogP contribution is 2.31. The van der Waals surface area contributed by atoms with Gasteiger partial charge in [0.25, 0.3) is 0 Å². The average Bonchev–Trinajstić information content (AvgIpc) is 3.25. The Morgan fingerprint density at radius 3 is 2.46 bits per heavy atom. The van der Waals surface area contributed by atoms with Gasteiger partial charge < -0.3 is 19.4 Å². The van der Waals surface area contributed by atoms with Crippen LogP contribution in [0, 0.1) is 0 Å². The van der Waals surface area contributed by atoms with Crippen molar-refractivity contribution in [2.45, 2.75) is 59.1 Å². The number of anilines is 1. The Balaban J connectivity index is 1.56. The first-order valence-electron chi connectivity index (χ1n) is 13.7. The van der Waals surface area contributed by atoms with Gasteiger partial charge in [0.05, 0.1) is 6.54 Å².